The van der Waals surface area contributed by atoms with Crippen LogP contribution in [0.15, 0.2) is 34.9 Å². The smallest absolute Gasteiger partial charge is 0.273 e. The largest absolute Gasteiger partial charge is 0.359 e. The normalized spacial score (nSPS) is 11.8. The number of benzene rings is 1. The van der Waals surface area contributed by atoms with Crippen LogP contribution >= 0.6 is 0 Å². The third kappa shape index (κ3) is 4.05. The molecule has 0 aliphatic heterocycles. The second-order valence-electron chi connectivity index (χ2n) is 5.80. The minimum Gasteiger partial charge on any atom is -0.359 e. The van der Waals surface area contributed by atoms with Gasteiger partial charge in [-0.15, -0.1) is 0 Å². The molecule has 0 aliphatic rings. The molecule has 3 rings (SSSR count). The fourth-order valence-electron chi connectivity index (χ4n) is 2.49. The molecule has 3 aromatic rings. The number of aryl methyl sites for hydroxylation is 1. The molecule has 9 heteroatoms. The van der Waals surface area contributed by atoms with E-state index >= 15 is 0 Å². The molecule has 1 amide bonds. The molecule has 0 bridgehead atoms. The molecular weight excluding hydrogens is 344 g/mol. The summed E-state index contributed by atoms with van der Waals surface area (Å²) in [4.78, 5) is 16.5. The molecule has 0 spiro atoms. The maximum Gasteiger partial charge on any atom is 0.273 e. The van der Waals surface area contributed by atoms with Gasteiger partial charge < -0.3 is 14.4 Å². The summed E-state index contributed by atoms with van der Waals surface area (Å²) in [7, 11) is -3.13. The second-order valence-corrected chi connectivity index (χ2v) is 8.06. The molecule has 1 N–H and O–H groups in total. The topological polar surface area (TPSA) is 107 Å². The van der Waals surface area contributed by atoms with Crippen LogP contribution in [0.1, 0.15) is 22.1 Å². The number of carbonyl (C=O) groups is 1. The fraction of sp³-hybridized carbons (Fsp3) is 0.312. The lowest BCUT2D eigenvalue weighted by molar-refractivity contribution is 0.0947. The fourth-order valence-corrected chi connectivity index (χ4v) is 2.96. The Hall–Kier alpha value is -2.68. The number of imidazole rings is 1. The van der Waals surface area contributed by atoms with Gasteiger partial charge in [0.25, 0.3) is 5.91 Å². The molecule has 0 aliphatic carbocycles. The Morgan fingerprint density at radius 2 is 2.08 bits per heavy atom. The highest BCUT2D eigenvalue weighted by molar-refractivity contribution is 7.90. The Morgan fingerprint density at radius 1 is 1.32 bits per heavy atom. The first kappa shape index (κ1) is 17.2. The van der Waals surface area contributed by atoms with E-state index in [0.29, 0.717) is 12.3 Å². The number of amides is 1. The molecule has 0 saturated heterocycles. The summed E-state index contributed by atoms with van der Waals surface area (Å²) in [6, 6.07) is 9.29. The molecule has 0 fully saturated rings. The summed E-state index contributed by atoms with van der Waals surface area (Å²) in [5.41, 5.74) is 1.97. The highest BCUT2D eigenvalue weighted by atomic mass is 32.2. The zero-order chi connectivity index (χ0) is 18.0. The van der Waals surface area contributed by atoms with Crippen LogP contribution in [0.4, 0.5) is 0 Å². The second kappa shape index (κ2) is 6.67. The number of hydrogen-bond donors (Lipinski definition) is 1. The van der Waals surface area contributed by atoms with Crippen molar-refractivity contribution in [1.29, 1.82) is 0 Å². The van der Waals surface area contributed by atoms with E-state index in [1.54, 1.807) is 6.07 Å². The van der Waals surface area contributed by atoms with Gasteiger partial charge in [-0.3, -0.25) is 4.79 Å². The van der Waals surface area contributed by atoms with Crippen LogP contribution in [0.25, 0.3) is 11.0 Å². The molecule has 0 unspecified atom stereocenters. The van der Waals surface area contributed by atoms with Crippen LogP contribution in [0.3, 0.4) is 0 Å². The van der Waals surface area contributed by atoms with Gasteiger partial charge in [0.15, 0.2) is 11.5 Å². The quantitative estimate of drug-likeness (QED) is 0.705. The van der Waals surface area contributed by atoms with Crippen molar-refractivity contribution in [3.05, 3.63) is 47.6 Å². The standard InChI is InChI=1S/C16H18N4O4S/c1-11-18-13-5-3-4-6-15(13)20(11)10-12-9-14(19-24-12)16(21)17-7-8-25(2,22)23/h3-6,9H,7-8,10H2,1-2H3,(H,17,21). The van der Waals surface area contributed by atoms with E-state index in [1.807, 2.05) is 35.8 Å². The minimum atomic E-state index is -3.13. The Morgan fingerprint density at radius 3 is 2.84 bits per heavy atom. The zero-order valence-corrected chi connectivity index (χ0v) is 14.7. The van der Waals surface area contributed by atoms with Gasteiger partial charge in [0.2, 0.25) is 0 Å². The number of para-hydroxylation sites is 2. The lowest BCUT2D eigenvalue weighted by Crippen LogP contribution is -2.28. The molecule has 0 saturated carbocycles. The first-order valence-corrected chi connectivity index (χ1v) is 9.73. The van der Waals surface area contributed by atoms with Crippen LogP contribution in [-0.4, -0.2) is 47.6 Å². The van der Waals surface area contributed by atoms with Crippen molar-refractivity contribution in [2.24, 2.45) is 0 Å². The highest BCUT2D eigenvalue weighted by Gasteiger charge is 2.15. The summed E-state index contributed by atoms with van der Waals surface area (Å²) in [6.45, 7) is 2.33. The van der Waals surface area contributed by atoms with E-state index in [4.69, 9.17) is 4.52 Å². The van der Waals surface area contributed by atoms with Crippen molar-refractivity contribution in [3.8, 4) is 0 Å². The maximum absolute atomic E-state index is 12.0. The van der Waals surface area contributed by atoms with Gasteiger partial charge in [-0.05, 0) is 19.1 Å². The SMILES string of the molecule is Cc1nc2ccccc2n1Cc1cc(C(=O)NCCS(C)(=O)=O)no1. The zero-order valence-electron chi connectivity index (χ0n) is 13.9. The Balaban J connectivity index is 1.71. The number of aromatic nitrogens is 3. The van der Waals surface area contributed by atoms with Crippen molar-refractivity contribution in [3.63, 3.8) is 0 Å². The molecule has 8 nitrogen and oxygen atoms in total. The first-order valence-electron chi connectivity index (χ1n) is 7.67. The molecular formula is C16H18N4O4S. The molecule has 0 radical (unpaired) electrons. The average Bonchev–Trinajstić information content (AvgIpc) is 3.12. The predicted molar refractivity (Wildman–Crippen MR) is 92.1 cm³/mol. The average molecular weight is 362 g/mol. The number of hydrogen-bond acceptors (Lipinski definition) is 6. The summed E-state index contributed by atoms with van der Waals surface area (Å²) in [5, 5.41) is 6.26. The summed E-state index contributed by atoms with van der Waals surface area (Å²) in [5.74, 6) is 0.756. The van der Waals surface area contributed by atoms with Gasteiger partial charge >= 0.3 is 0 Å². The van der Waals surface area contributed by atoms with Gasteiger partial charge in [0.1, 0.15) is 15.7 Å². The van der Waals surface area contributed by atoms with Gasteiger partial charge in [-0.1, -0.05) is 17.3 Å². The van der Waals surface area contributed by atoms with E-state index in [0.717, 1.165) is 23.1 Å². The van der Waals surface area contributed by atoms with E-state index < -0.39 is 15.7 Å². The van der Waals surface area contributed by atoms with Crippen LogP contribution in [-0.2, 0) is 16.4 Å². The van der Waals surface area contributed by atoms with Gasteiger partial charge in [0.05, 0.1) is 23.3 Å². The van der Waals surface area contributed by atoms with Gasteiger partial charge in [0, 0.05) is 18.9 Å². The molecule has 25 heavy (non-hydrogen) atoms. The lowest BCUT2D eigenvalue weighted by Gasteiger charge is -2.03. The van der Waals surface area contributed by atoms with Crippen LogP contribution in [0.5, 0.6) is 0 Å². The molecule has 132 valence electrons. The number of nitrogens with zero attached hydrogens (tertiary/aromatic N) is 3. The number of nitrogens with one attached hydrogen (secondary N) is 1. The predicted octanol–water partition coefficient (Wildman–Crippen LogP) is 1.16. The van der Waals surface area contributed by atoms with Gasteiger partial charge in [-0.25, -0.2) is 13.4 Å². The van der Waals surface area contributed by atoms with Crippen molar-refractivity contribution in [2.75, 3.05) is 18.6 Å². The van der Waals surface area contributed by atoms with Gasteiger partial charge in [-0.2, -0.15) is 0 Å². The van der Waals surface area contributed by atoms with E-state index in [1.165, 1.54) is 0 Å². The highest BCUT2D eigenvalue weighted by Crippen LogP contribution is 2.17. The number of rotatable bonds is 6. The van der Waals surface area contributed by atoms with Crippen molar-refractivity contribution < 1.29 is 17.7 Å². The third-order valence-corrected chi connectivity index (χ3v) is 4.66. The molecule has 2 heterocycles. The number of sulfone groups is 1. The molecule has 2 aromatic heterocycles. The number of carbonyl (C=O) groups excluding carboxylic acids is 1. The molecule has 0 atom stereocenters. The molecule has 1 aromatic carbocycles. The van der Waals surface area contributed by atoms with Crippen molar-refractivity contribution in [2.45, 2.75) is 13.5 Å². The minimum absolute atomic E-state index is 0.0329. The van der Waals surface area contributed by atoms with Crippen molar-refractivity contribution >= 4 is 26.8 Å². The lowest BCUT2D eigenvalue weighted by atomic mass is 10.3. The van der Waals surface area contributed by atoms with E-state index in [2.05, 4.69) is 15.5 Å². The van der Waals surface area contributed by atoms with Crippen LogP contribution < -0.4 is 5.32 Å². The Labute approximate surface area is 144 Å². The van der Waals surface area contributed by atoms with E-state index in [9.17, 15) is 13.2 Å². The van der Waals surface area contributed by atoms with E-state index in [-0.39, 0.29) is 18.0 Å². The summed E-state index contributed by atoms with van der Waals surface area (Å²) < 4.78 is 29.4. The summed E-state index contributed by atoms with van der Waals surface area (Å²) in [6.07, 6.45) is 1.12. The Kier molecular flexibility index (Phi) is 4.58. The van der Waals surface area contributed by atoms with Crippen LogP contribution in [0.2, 0.25) is 0 Å². The van der Waals surface area contributed by atoms with Crippen molar-refractivity contribution in [1.82, 2.24) is 20.0 Å². The third-order valence-electron chi connectivity index (χ3n) is 3.71. The maximum atomic E-state index is 12.0. The Bertz CT molecular complexity index is 1020. The monoisotopic (exact) mass is 362 g/mol. The summed E-state index contributed by atoms with van der Waals surface area (Å²) >= 11 is 0. The first-order chi connectivity index (χ1) is 11.8. The number of fused-ring (bicyclic) bond motifs is 1. The van der Waals surface area contributed by atoms with Crippen LogP contribution in [0, 0.1) is 6.92 Å².